The predicted molar refractivity (Wildman–Crippen MR) is 295 cm³/mol. The van der Waals surface area contributed by atoms with Crippen LogP contribution in [0.4, 0.5) is 0 Å². The van der Waals surface area contributed by atoms with Crippen LogP contribution in [0.3, 0.4) is 0 Å². The molecule has 0 fully saturated rings. The van der Waals surface area contributed by atoms with Gasteiger partial charge in [-0.15, -0.1) is 0 Å². The third kappa shape index (κ3) is 20.7. The lowest BCUT2D eigenvalue weighted by Gasteiger charge is -2.33. The molecule has 5 rings (SSSR count). The quantitative estimate of drug-likeness (QED) is 0.0574. The van der Waals surface area contributed by atoms with Gasteiger partial charge in [-0.1, -0.05) is 148 Å². The summed E-state index contributed by atoms with van der Waals surface area (Å²) in [5.41, 5.74) is 8.55. The molecule has 74 heavy (non-hydrogen) atoms. The van der Waals surface area contributed by atoms with Crippen LogP contribution < -0.4 is 10.6 Å². The lowest BCUT2D eigenvalue weighted by molar-refractivity contribution is -0.160. The zero-order valence-electron chi connectivity index (χ0n) is 46.0. The van der Waals surface area contributed by atoms with Gasteiger partial charge in [0.1, 0.15) is 17.2 Å². The summed E-state index contributed by atoms with van der Waals surface area (Å²) in [5, 5.41) is 15.5. The van der Waals surface area contributed by atoms with Crippen molar-refractivity contribution in [3.05, 3.63) is 155 Å². The second kappa shape index (κ2) is 28.2. The van der Waals surface area contributed by atoms with Gasteiger partial charge in [0.15, 0.2) is 0 Å². The third-order valence-corrected chi connectivity index (χ3v) is 12.4. The Balaban J connectivity index is 0.000000361. The number of amides is 2. The fourth-order valence-electron chi connectivity index (χ4n) is 8.82. The number of nitrogens with one attached hydrogen (secondary N) is 2. The van der Waals surface area contributed by atoms with Crippen molar-refractivity contribution in [2.45, 2.75) is 151 Å². The predicted octanol–water partition coefficient (Wildman–Crippen LogP) is 12.8. The summed E-state index contributed by atoms with van der Waals surface area (Å²) >= 11 is 0. The van der Waals surface area contributed by atoms with Crippen molar-refractivity contribution >= 4 is 29.7 Å². The van der Waals surface area contributed by atoms with E-state index in [0.29, 0.717) is 25.7 Å². The molecule has 398 valence electrons. The van der Waals surface area contributed by atoms with Crippen LogP contribution in [0.1, 0.15) is 135 Å². The van der Waals surface area contributed by atoms with Crippen molar-refractivity contribution < 1.29 is 43.3 Å². The van der Waals surface area contributed by atoms with Gasteiger partial charge in [0.2, 0.25) is 11.8 Å². The van der Waals surface area contributed by atoms with Gasteiger partial charge in [0, 0.05) is 13.0 Å². The molecule has 0 saturated heterocycles. The first-order chi connectivity index (χ1) is 34.8. The number of methoxy groups -OCH3 is 1. The summed E-state index contributed by atoms with van der Waals surface area (Å²) in [4.78, 5) is 63.9. The van der Waals surface area contributed by atoms with Crippen molar-refractivity contribution in [3.8, 4) is 22.3 Å². The number of carboxylic acid groups (broad SMARTS) is 1. The molecule has 4 atom stereocenters. The van der Waals surface area contributed by atoms with Crippen LogP contribution in [0.5, 0.6) is 0 Å². The zero-order valence-corrected chi connectivity index (χ0v) is 46.0. The van der Waals surface area contributed by atoms with E-state index in [1.807, 2.05) is 108 Å². The maximum Gasteiger partial charge on any atom is 0.307 e. The monoisotopic (exact) mass is 1010 g/mol. The summed E-state index contributed by atoms with van der Waals surface area (Å²) in [6, 6.07) is 41.8. The van der Waals surface area contributed by atoms with E-state index in [0.717, 1.165) is 18.4 Å². The molecule has 0 bridgehead atoms. The van der Waals surface area contributed by atoms with E-state index in [9.17, 15) is 29.1 Å². The second-order valence-electron chi connectivity index (χ2n) is 22.4. The SMILES string of the molecule is COC[C@@H](NC(=O)[C@@H](NC(=O)[C@H](CCCc1ccc(-c2ccccc2)c(C)c1)CC(=O)OC(C)(C)C)C(C)(C)C)c1ccccc1.Cc1cc(CCC[C@H](CC(=O)OC(C)(C)C)C(=O)O)ccc1-c1ccccc1. The van der Waals surface area contributed by atoms with Crippen molar-refractivity contribution in [2.24, 2.45) is 17.3 Å². The van der Waals surface area contributed by atoms with Gasteiger partial charge in [-0.05, 0) is 149 Å². The van der Waals surface area contributed by atoms with Crippen LogP contribution >= 0.6 is 0 Å². The van der Waals surface area contributed by atoms with E-state index in [1.165, 1.54) is 44.5 Å². The Morgan fingerprint density at radius 1 is 0.541 bits per heavy atom. The summed E-state index contributed by atoms with van der Waals surface area (Å²) < 4.78 is 16.2. The van der Waals surface area contributed by atoms with Gasteiger partial charge >= 0.3 is 17.9 Å². The van der Waals surface area contributed by atoms with Gasteiger partial charge in [0.25, 0.3) is 0 Å². The summed E-state index contributed by atoms with van der Waals surface area (Å²) in [6.45, 7) is 21.0. The molecule has 0 aliphatic carbocycles. The highest BCUT2D eigenvalue weighted by atomic mass is 16.6. The minimum Gasteiger partial charge on any atom is -0.481 e. The van der Waals surface area contributed by atoms with E-state index in [-0.39, 0.29) is 37.3 Å². The van der Waals surface area contributed by atoms with Crippen LogP contribution in [-0.2, 0) is 51.0 Å². The van der Waals surface area contributed by atoms with Crippen molar-refractivity contribution in [1.82, 2.24) is 10.6 Å². The molecule has 0 radical (unpaired) electrons. The Morgan fingerprint density at radius 3 is 1.35 bits per heavy atom. The van der Waals surface area contributed by atoms with Crippen LogP contribution in [0.15, 0.2) is 127 Å². The molecule has 11 heteroatoms. The first-order valence-electron chi connectivity index (χ1n) is 25.9. The highest BCUT2D eigenvalue weighted by molar-refractivity contribution is 5.91. The Hall–Kier alpha value is -6.59. The number of benzene rings is 5. The fraction of sp³-hybridized carbons (Fsp3) is 0.444. The number of carboxylic acids is 1. The van der Waals surface area contributed by atoms with Gasteiger partial charge in [0.05, 0.1) is 31.4 Å². The maximum absolute atomic E-state index is 13.9. The summed E-state index contributed by atoms with van der Waals surface area (Å²) in [5.74, 6) is -3.84. The van der Waals surface area contributed by atoms with Gasteiger partial charge in [-0.3, -0.25) is 24.0 Å². The minimum atomic E-state index is -0.943. The molecule has 0 spiro atoms. The molecule has 0 saturated carbocycles. The van der Waals surface area contributed by atoms with Crippen LogP contribution in [-0.4, -0.2) is 65.8 Å². The Kier molecular flexibility index (Phi) is 22.8. The molecule has 5 aromatic carbocycles. The van der Waals surface area contributed by atoms with Crippen molar-refractivity contribution in [3.63, 3.8) is 0 Å². The van der Waals surface area contributed by atoms with E-state index >= 15 is 0 Å². The molecule has 0 unspecified atom stereocenters. The molecule has 0 heterocycles. The van der Waals surface area contributed by atoms with Gasteiger partial charge < -0.3 is 30.0 Å². The number of hydrogen-bond donors (Lipinski definition) is 3. The number of ether oxygens (including phenoxy) is 3. The lowest BCUT2D eigenvalue weighted by Crippen LogP contribution is -2.55. The highest BCUT2D eigenvalue weighted by Crippen LogP contribution is 2.29. The largest absolute Gasteiger partial charge is 0.481 e. The van der Waals surface area contributed by atoms with Crippen LogP contribution in [0.25, 0.3) is 22.3 Å². The molecule has 2 amide bonds. The number of aryl methyl sites for hydroxylation is 4. The minimum absolute atomic E-state index is 0.0656. The van der Waals surface area contributed by atoms with E-state index in [1.54, 1.807) is 27.9 Å². The number of hydrogen-bond acceptors (Lipinski definition) is 8. The Labute approximate surface area is 441 Å². The third-order valence-electron chi connectivity index (χ3n) is 12.4. The van der Waals surface area contributed by atoms with Gasteiger partial charge in [-0.2, -0.15) is 0 Å². The lowest BCUT2D eigenvalue weighted by atomic mass is 9.85. The topological polar surface area (TPSA) is 157 Å². The van der Waals surface area contributed by atoms with Gasteiger partial charge in [-0.25, -0.2) is 0 Å². The first kappa shape index (κ1) is 60.0. The molecular formula is C63H82N2O9. The fourth-order valence-corrected chi connectivity index (χ4v) is 8.82. The van der Waals surface area contributed by atoms with Crippen LogP contribution in [0.2, 0.25) is 0 Å². The van der Waals surface area contributed by atoms with E-state index in [4.69, 9.17) is 14.2 Å². The molecule has 0 aromatic heterocycles. The average molecular weight is 1010 g/mol. The second-order valence-corrected chi connectivity index (χ2v) is 22.4. The summed E-state index contributed by atoms with van der Waals surface area (Å²) in [7, 11) is 1.59. The average Bonchev–Trinajstić information content (AvgIpc) is 3.32. The molecule has 11 nitrogen and oxygen atoms in total. The number of carbonyl (C=O) groups excluding carboxylic acids is 4. The number of esters is 2. The van der Waals surface area contributed by atoms with E-state index < -0.39 is 52.4 Å². The van der Waals surface area contributed by atoms with Crippen LogP contribution in [0, 0.1) is 31.1 Å². The smallest absolute Gasteiger partial charge is 0.307 e. The Bertz CT molecular complexity index is 2570. The molecular weight excluding hydrogens is 929 g/mol. The molecule has 3 N–H and O–H groups in total. The number of carbonyl (C=O) groups is 5. The van der Waals surface area contributed by atoms with Crippen molar-refractivity contribution in [2.75, 3.05) is 13.7 Å². The van der Waals surface area contributed by atoms with Crippen molar-refractivity contribution in [1.29, 1.82) is 0 Å². The summed E-state index contributed by atoms with van der Waals surface area (Å²) in [6.07, 6.45) is 3.72. The molecule has 0 aliphatic heterocycles. The Morgan fingerprint density at radius 2 is 0.959 bits per heavy atom. The zero-order chi connectivity index (χ0) is 54.6. The van der Waals surface area contributed by atoms with E-state index in [2.05, 4.69) is 85.1 Å². The standard InChI is InChI=1S/C39H52N2O5.C24H30O4/c1-27-24-28(22-23-32(27)29-17-11-9-12-18-29)16-15-21-31(25-34(42)46-39(5,6)7)36(43)41-35(38(2,3)4)37(44)40-33(26-45-8)30-19-13-10-14-20-30;1-17-15-18(13-14-21(17)19-10-6-5-7-11-19)9-8-12-20(23(26)27)16-22(25)28-24(2,3)4/h9-14,17-20,22-24,31,33,35H,15-16,21,25-26H2,1-8H3,(H,40,44)(H,41,43);5-7,10-11,13-15,20H,8-9,12,16H2,1-4H3,(H,26,27)/t31-,33-,35-;20-/m11/s1. The maximum atomic E-state index is 13.9. The molecule has 0 aliphatic rings. The number of aliphatic carboxylic acids is 1. The normalized spacial score (nSPS) is 13.2. The molecule has 5 aromatic rings. The highest BCUT2D eigenvalue weighted by Gasteiger charge is 2.36. The first-order valence-corrected chi connectivity index (χ1v) is 25.9. The number of rotatable bonds is 22.